The average Bonchev–Trinajstić information content (AvgIpc) is 3.12. The number of hydrogen-bond donors (Lipinski definition) is 4. The number of para-hydroxylation sites is 1. The molecule has 2 aromatic carbocycles. The number of nitrogens with one attached hydrogen (secondary N) is 2. The predicted octanol–water partition coefficient (Wildman–Crippen LogP) is 3.19. The van der Waals surface area contributed by atoms with Crippen LogP contribution in [0, 0.1) is 22.8 Å². The fraction of sp³-hybridized carbons (Fsp3) is 0.130. The van der Waals surface area contributed by atoms with Gasteiger partial charge in [-0.3, -0.25) is 5.32 Å². The minimum Gasteiger partial charge on any atom is -0.397 e. The number of guanidine groups is 1. The summed E-state index contributed by atoms with van der Waals surface area (Å²) in [6, 6.07) is 15.8. The molecular formula is C23H19N9. The number of rotatable bonds is 2. The van der Waals surface area contributed by atoms with E-state index in [-0.39, 0.29) is 23.0 Å². The lowest BCUT2D eigenvalue weighted by Crippen LogP contribution is -2.32. The Morgan fingerprint density at radius 3 is 2.66 bits per heavy atom. The van der Waals surface area contributed by atoms with Crippen LogP contribution in [-0.2, 0) is 6.54 Å². The first-order chi connectivity index (χ1) is 15.6. The quantitative estimate of drug-likeness (QED) is 0.286. The molecule has 0 amide bonds. The summed E-state index contributed by atoms with van der Waals surface area (Å²) in [5, 5.41) is 26.3. The van der Waals surface area contributed by atoms with Gasteiger partial charge in [-0.05, 0) is 30.7 Å². The molecule has 9 nitrogen and oxygen atoms in total. The van der Waals surface area contributed by atoms with E-state index in [1.165, 1.54) is 0 Å². The molecule has 0 aliphatic carbocycles. The minimum atomic E-state index is -0.574. The molecule has 3 heterocycles. The third-order valence-electron chi connectivity index (χ3n) is 5.79. The van der Waals surface area contributed by atoms with Gasteiger partial charge in [-0.25, -0.2) is 9.98 Å². The van der Waals surface area contributed by atoms with Crippen LogP contribution < -0.4 is 22.1 Å². The highest BCUT2D eigenvalue weighted by atomic mass is 15.2. The van der Waals surface area contributed by atoms with E-state index in [2.05, 4.69) is 56.4 Å². The number of aliphatic imine (C=N–C) groups is 1. The van der Waals surface area contributed by atoms with Gasteiger partial charge in [0, 0.05) is 33.9 Å². The number of benzene rings is 2. The van der Waals surface area contributed by atoms with Gasteiger partial charge in [0.2, 0.25) is 5.96 Å². The first-order valence-corrected chi connectivity index (χ1v) is 10.1. The Bertz CT molecular complexity index is 1520. The molecule has 9 heteroatoms. The van der Waals surface area contributed by atoms with Crippen LogP contribution in [-0.4, -0.2) is 15.5 Å². The Morgan fingerprint density at radius 1 is 1.12 bits per heavy atom. The van der Waals surface area contributed by atoms with Crippen molar-refractivity contribution >= 4 is 45.1 Å². The molecular weight excluding hydrogens is 402 g/mol. The molecule has 2 aromatic heterocycles. The predicted molar refractivity (Wildman–Crippen MR) is 125 cm³/mol. The number of pyridine rings is 1. The second-order valence-corrected chi connectivity index (χ2v) is 7.44. The van der Waals surface area contributed by atoms with Crippen LogP contribution in [0.5, 0.6) is 0 Å². The zero-order valence-corrected chi connectivity index (χ0v) is 17.2. The summed E-state index contributed by atoms with van der Waals surface area (Å²) >= 11 is 0. The van der Waals surface area contributed by atoms with E-state index < -0.39 is 6.04 Å². The summed E-state index contributed by atoms with van der Waals surface area (Å²) in [4.78, 5) is 8.97. The summed E-state index contributed by atoms with van der Waals surface area (Å²) in [5.41, 5.74) is 16.3. The highest BCUT2D eigenvalue weighted by molar-refractivity contribution is 6.08. The summed E-state index contributed by atoms with van der Waals surface area (Å²) in [6.07, 6.45) is 1.87. The number of nitrogens with two attached hydrogens (primary N) is 2. The molecule has 0 saturated heterocycles. The van der Waals surface area contributed by atoms with Crippen molar-refractivity contribution in [3.8, 4) is 12.3 Å². The molecule has 32 heavy (non-hydrogen) atoms. The molecule has 0 saturated carbocycles. The van der Waals surface area contributed by atoms with Gasteiger partial charge in [-0.2, -0.15) is 10.5 Å². The van der Waals surface area contributed by atoms with Crippen LogP contribution >= 0.6 is 0 Å². The van der Waals surface area contributed by atoms with Gasteiger partial charge in [0.05, 0.1) is 5.69 Å². The lowest BCUT2D eigenvalue weighted by molar-refractivity contribution is 0.825. The lowest BCUT2D eigenvalue weighted by Gasteiger charge is -2.26. The van der Waals surface area contributed by atoms with Crippen molar-refractivity contribution in [3.63, 3.8) is 0 Å². The normalized spacial score (nSPS) is 14.8. The molecule has 5 rings (SSSR count). The molecule has 1 atom stereocenters. The van der Waals surface area contributed by atoms with Crippen molar-refractivity contribution < 1.29 is 0 Å². The van der Waals surface area contributed by atoms with Gasteiger partial charge in [0.15, 0.2) is 6.19 Å². The Balaban J connectivity index is 1.78. The summed E-state index contributed by atoms with van der Waals surface area (Å²) in [6.45, 7) is 2.96. The molecule has 0 fully saturated rings. The SMILES string of the molecule is CCn1c2ccccc2c2cc(C3N=C(NC#N)Nc4nc(N)c(C#N)c(N)c43)ccc21. The first kappa shape index (κ1) is 19.2. The van der Waals surface area contributed by atoms with Gasteiger partial charge >= 0.3 is 0 Å². The van der Waals surface area contributed by atoms with Crippen LogP contribution in [0.15, 0.2) is 47.5 Å². The highest BCUT2D eigenvalue weighted by Gasteiger charge is 2.30. The molecule has 156 valence electrons. The smallest absolute Gasteiger partial charge is 0.211 e. The Labute approximate surface area is 183 Å². The van der Waals surface area contributed by atoms with Gasteiger partial charge in [-0.1, -0.05) is 24.3 Å². The maximum atomic E-state index is 9.52. The fourth-order valence-electron chi connectivity index (χ4n) is 4.40. The first-order valence-electron chi connectivity index (χ1n) is 10.1. The van der Waals surface area contributed by atoms with Crippen molar-refractivity contribution in [3.05, 3.63) is 59.2 Å². The molecule has 1 aliphatic rings. The van der Waals surface area contributed by atoms with Crippen molar-refractivity contribution in [1.82, 2.24) is 14.9 Å². The molecule has 0 radical (unpaired) electrons. The fourth-order valence-corrected chi connectivity index (χ4v) is 4.40. The van der Waals surface area contributed by atoms with E-state index in [1.807, 2.05) is 30.5 Å². The molecule has 0 spiro atoms. The van der Waals surface area contributed by atoms with Crippen LogP contribution in [0.25, 0.3) is 21.8 Å². The number of anilines is 3. The number of nitrogens with zero attached hydrogens (tertiary/aromatic N) is 5. The largest absolute Gasteiger partial charge is 0.397 e. The van der Waals surface area contributed by atoms with E-state index in [0.717, 1.165) is 33.9 Å². The highest BCUT2D eigenvalue weighted by Crippen LogP contribution is 2.42. The second-order valence-electron chi connectivity index (χ2n) is 7.44. The van der Waals surface area contributed by atoms with Crippen molar-refractivity contribution in [2.75, 3.05) is 16.8 Å². The van der Waals surface area contributed by atoms with Crippen molar-refractivity contribution in [1.29, 1.82) is 10.5 Å². The van der Waals surface area contributed by atoms with Gasteiger partial charge in [0.25, 0.3) is 0 Å². The lowest BCUT2D eigenvalue weighted by atomic mass is 9.94. The Kier molecular flexibility index (Phi) is 4.31. The topological polar surface area (TPSA) is 154 Å². The van der Waals surface area contributed by atoms with Crippen molar-refractivity contribution in [2.24, 2.45) is 4.99 Å². The molecule has 0 bridgehead atoms. The van der Waals surface area contributed by atoms with Gasteiger partial charge in [-0.15, -0.1) is 0 Å². The van der Waals surface area contributed by atoms with Gasteiger partial charge in [0.1, 0.15) is 29.3 Å². The standard InChI is InChI=1S/C23H19N9/c1-2-32-16-6-4-3-5-13(16)14-9-12(7-8-17(14)32)20-18-19(26)15(10-24)21(27)30-22(18)31-23(29-20)28-11-25/h3-9,20H,2H2,1H3,(H6,26,27,28,29,30,31). The van der Waals surface area contributed by atoms with Gasteiger partial charge < -0.3 is 21.4 Å². The third-order valence-corrected chi connectivity index (χ3v) is 5.79. The monoisotopic (exact) mass is 421 g/mol. The molecule has 6 N–H and O–H groups in total. The number of aryl methyl sites for hydroxylation is 1. The third kappa shape index (κ3) is 2.69. The number of nitrogen functional groups attached to an aromatic ring is 2. The second kappa shape index (κ2) is 7.18. The van der Waals surface area contributed by atoms with E-state index in [0.29, 0.717) is 11.4 Å². The van der Waals surface area contributed by atoms with E-state index in [4.69, 9.17) is 16.7 Å². The molecule has 1 aliphatic heterocycles. The van der Waals surface area contributed by atoms with E-state index >= 15 is 0 Å². The number of nitriles is 2. The maximum Gasteiger partial charge on any atom is 0.211 e. The van der Waals surface area contributed by atoms with Crippen LogP contribution in [0.1, 0.15) is 29.7 Å². The van der Waals surface area contributed by atoms with Crippen LogP contribution in [0.4, 0.5) is 17.3 Å². The Morgan fingerprint density at radius 2 is 1.91 bits per heavy atom. The maximum absolute atomic E-state index is 9.52. The number of hydrogen-bond acceptors (Lipinski definition) is 8. The number of fused-ring (bicyclic) bond motifs is 4. The molecule has 4 aromatic rings. The van der Waals surface area contributed by atoms with E-state index in [1.54, 1.807) is 0 Å². The van der Waals surface area contributed by atoms with E-state index in [9.17, 15) is 5.26 Å². The van der Waals surface area contributed by atoms with Crippen molar-refractivity contribution in [2.45, 2.75) is 19.5 Å². The molecule has 1 unspecified atom stereocenters. The number of aromatic nitrogens is 2. The summed E-state index contributed by atoms with van der Waals surface area (Å²) in [5.74, 6) is 0.625. The zero-order chi connectivity index (χ0) is 22.4. The summed E-state index contributed by atoms with van der Waals surface area (Å²) < 4.78 is 2.27. The Hall–Kier alpha value is -4.76. The van der Waals surface area contributed by atoms with Crippen LogP contribution in [0.2, 0.25) is 0 Å². The minimum absolute atomic E-state index is 0.0228. The summed E-state index contributed by atoms with van der Waals surface area (Å²) in [7, 11) is 0. The average molecular weight is 421 g/mol. The van der Waals surface area contributed by atoms with Crippen LogP contribution in [0.3, 0.4) is 0 Å². The zero-order valence-electron chi connectivity index (χ0n) is 17.2.